The van der Waals surface area contributed by atoms with Crippen molar-refractivity contribution in [3.05, 3.63) is 16.3 Å². The van der Waals surface area contributed by atoms with E-state index in [1.165, 1.54) is 7.11 Å². The molecule has 1 aromatic carbocycles. The smallest absolute Gasteiger partial charge is 0.250 e. The fraction of sp³-hybridized carbons (Fsp3) is 0.273. The van der Waals surface area contributed by atoms with Crippen LogP contribution in [0.15, 0.2) is 0 Å². The van der Waals surface area contributed by atoms with Crippen molar-refractivity contribution in [2.45, 2.75) is 0 Å². The topological polar surface area (TPSA) is 67.4 Å². The van der Waals surface area contributed by atoms with E-state index in [-0.39, 0.29) is 12.5 Å². The van der Waals surface area contributed by atoms with Crippen LogP contribution in [0.25, 0.3) is 0 Å². The Balaban J connectivity index is 3.39. The molecule has 0 aliphatic carbocycles. The van der Waals surface area contributed by atoms with E-state index in [9.17, 15) is 9.59 Å². The Morgan fingerprint density at radius 3 is 2.32 bits per heavy atom. The average Bonchev–Trinajstić information content (AvgIpc) is 2.37. The van der Waals surface area contributed by atoms with Gasteiger partial charge in [0.05, 0.1) is 24.1 Å². The predicted octanol–water partition coefficient (Wildman–Crippen LogP) is 2.58. The number of ether oxygens (including phenoxy) is 1. The van der Waals surface area contributed by atoms with Crippen LogP contribution in [-0.4, -0.2) is 33.0 Å². The van der Waals surface area contributed by atoms with Gasteiger partial charge in [-0.2, -0.15) is 0 Å². The third-order valence-electron chi connectivity index (χ3n) is 2.21. The number of hydrogen-bond donors (Lipinski definition) is 2. The summed E-state index contributed by atoms with van der Waals surface area (Å²) < 4.78 is 7.22. The van der Waals surface area contributed by atoms with E-state index in [1.807, 2.05) is 6.29 Å². The number of hydrogen-bond acceptors (Lipinski definition) is 4. The molecule has 0 bridgehead atoms. The second kappa shape index (κ2) is 7.93. The summed E-state index contributed by atoms with van der Waals surface area (Å²) in [6, 6.07) is 0. The van der Waals surface area contributed by atoms with E-state index >= 15 is 0 Å². The molecule has 1 radical (unpaired) electrons. The standard InChI is InChI=1S/C11H10I3N2O3/c1-15-11-8(13)7(12)5(3-17)10(9(11)14)16-6(18)4-19-2/h15H,4H2,1-2H3,(H,16,18). The van der Waals surface area contributed by atoms with Crippen LogP contribution in [0.5, 0.6) is 0 Å². The van der Waals surface area contributed by atoms with Gasteiger partial charge in [0, 0.05) is 17.7 Å². The molecule has 0 aromatic heterocycles. The number of rotatable bonds is 5. The van der Waals surface area contributed by atoms with Gasteiger partial charge in [-0.25, -0.2) is 0 Å². The molecule has 0 heterocycles. The fourth-order valence-electron chi connectivity index (χ4n) is 1.40. The second-order valence-electron chi connectivity index (χ2n) is 3.40. The Morgan fingerprint density at radius 1 is 1.21 bits per heavy atom. The number of anilines is 2. The number of methoxy groups -OCH3 is 1. The zero-order valence-corrected chi connectivity index (χ0v) is 16.5. The second-order valence-corrected chi connectivity index (χ2v) is 6.64. The Hall–Kier alpha value is 0.310. The molecule has 1 rings (SSSR count). The van der Waals surface area contributed by atoms with Crippen molar-refractivity contribution in [1.29, 1.82) is 0 Å². The number of halogens is 3. The summed E-state index contributed by atoms with van der Waals surface area (Å²) in [5.41, 5.74) is 1.70. The first-order valence-corrected chi connectivity index (χ1v) is 8.26. The van der Waals surface area contributed by atoms with Gasteiger partial charge in [-0.15, -0.1) is 0 Å². The van der Waals surface area contributed by atoms with Crippen molar-refractivity contribution in [2.75, 3.05) is 31.4 Å². The molecular formula is C11H10I3N2O3. The molecule has 2 N–H and O–H groups in total. The van der Waals surface area contributed by atoms with E-state index in [0.717, 1.165) is 16.4 Å². The lowest BCUT2D eigenvalue weighted by Gasteiger charge is -2.17. The van der Waals surface area contributed by atoms with Crippen LogP contribution in [0.1, 0.15) is 5.56 Å². The van der Waals surface area contributed by atoms with Gasteiger partial charge >= 0.3 is 0 Å². The highest BCUT2D eigenvalue weighted by molar-refractivity contribution is 14.1. The lowest BCUT2D eigenvalue weighted by molar-refractivity contribution is -0.119. The predicted molar refractivity (Wildman–Crippen MR) is 99.4 cm³/mol. The lowest BCUT2D eigenvalue weighted by Crippen LogP contribution is -2.20. The SMILES string of the molecule is CNc1c(I)c(I)c([C]=O)c(NC(=O)COC)c1I. The monoisotopic (exact) mass is 599 g/mol. The van der Waals surface area contributed by atoms with Gasteiger partial charge in [0.15, 0.2) is 0 Å². The average molecular weight is 599 g/mol. The zero-order chi connectivity index (χ0) is 14.6. The van der Waals surface area contributed by atoms with Crippen LogP contribution in [0, 0.1) is 10.7 Å². The Labute approximate surface area is 152 Å². The quantitative estimate of drug-likeness (QED) is 0.404. The molecule has 0 aliphatic rings. The first-order chi connectivity index (χ1) is 8.97. The van der Waals surface area contributed by atoms with Crippen molar-refractivity contribution in [2.24, 2.45) is 0 Å². The molecule has 0 unspecified atom stereocenters. The summed E-state index contributed by atoms with van der Waals surface area (Å²) in [6.45, 7) is -0.0637. The lowest BCUT2D eigenvalue weighted by atomic mass is 10.1. The van der Waals surface area contributed by atoms with Gasteiger partial charge < -0.3 is 15.4 Å². The zero-order valence-electron chi connectivity index (χ0n) is 10.1. The van der Waals surface area contributed by atoms with Crippen molar-refractivity contribution in [3.63, 3.8) is 0 Å². The van der Waals surface area contributed by atoms with Crippen molar-refractivity contribution < 1.29 is 14.3 Å². The Bertz CT molecular complexity index is 521. The number of carbonyl (C=O) groups excluding carboxylic acids is 2. The molecule has 0 spiro atoms. The number of carbonyl (C=O) groups is 1. The molecule has 8 heteroatoms. The van der Waals surface area contributed by atoms with Gasteiger partial charge in [-0.05, 0) is 67.8 Å². The minimum atomic E-state index is -0.309. The summed E-state index contributed by atoms with van der Waals surface area (Å²) in [5.74, 6) is -0.309. The molecule has 0 aliphatic heterocycles. The molecule has 1 aromatic rings. The van der Waals surface area contributed by atoms with Gasteiger partial charge in [-0.1, -0.05) is 0 Å². The first-order valence-electron chi connectivity index (χ1n) is 5.03. The molecule has 0 saturated carbocycles. The molecule has 5 nitrogen and oxygen atoms in total. The van der Waals surface area contributed by atoms with E-state index < -0.39 is 0 Å². The summed E-state index contributed by atoms with van der Waals surface area (Å²) in [6.07, 6.45) is 1.89. The molecular weight excluding hydrogens is 589 g/mol. The number of amides is 1. The summed E-state index contributed by atoms with van der Waals surface area (Å²) in [7, 11) is 3.23. The normalized spacial score (nSPS) is 10.2. The van der Waals surface area contributed by atoms with Gasteiger partial charge in [0.2, 0.25) is 12.2 Å². The maximum absolute atomic E-state index is 11.6. The third-order valence-corrected chi connectivity index (χ3v) is 6.48. The molecule has 19 heavy (non-hydrogen) atoms. The highest BCUT2D eigenvalue weighted by Gasteiger charge is 2.21. The van der Waals surface area contributed by atoms with Crippen molar-refractivity contribution >= 4 is 91.3 Å². The van der Waals surface area contributed by atoms with E-state index in [2.05, 4.69) is 78.4 Å². The third kappa shape index (κ3) is 3.91. The summed E-state index contributed by atoms with van der Waals surface area (Å²) in [5, 5.41) is 5.76. The van der Waals surface area contributed by atoms with Crippen LogP contribution in [0.3, 0.4) is 0 Å². The Kier molecular flexibility index (Phi) is 7.24. The van der Waals surface area contributed by atoms with Crippen LogP contribution in [-0.2, 0) is 14.3 Å². The highest BCUT2D eigenvalue weighted by Crippen LogP contribution is 2.37. The number of nitrogens with one attached hydrogen (secondary N) is 2. The van der Waals surface area contributed by atoms with Crippen molar-refractivity contribution in [3.8, 4) is 0 Å². The number of benzene rings is 1. The molecule has 0 saturated heterocycles. The maximum Gasteiger partial charge on any atom is 0.250 e. The minimum Gasteiger partial charge on any atom is -0.386 e. The maximum atomic E-state index is 11.6. The Morgan fingerprint density at radius 2 is 1.84 bits per heavy atom. The first kappa shape index (κ1) is 17.4. The van der Waals surface area contributed by atoms with Crippen LogP contribution < -0.4 is 10.6 Å². The van der Waals surface area contributed by atoms with Crippen molar-refractivity contribution in [1.82, 2.24) is 0 Å². The van der Waals surface area contributed by atoms with Gasteiger partial charge in [0.1, 0.15) is 6.61 Å². The van der Waals surface area contributed by atoms with Crippen LogP contribution in [0.2, 0.25) is 0 Å². The molecule has 1 amide bonds. The summed E-state index contributed by atoms with van der Waals surface area (Å²) in [4.78, 5) is 22.8. The largest absolute Gasteiger partial charge is 0.386 e. The van der Waals surface area contributed by atoms with Gasteiger partial charge in [-0.3, -0.25) is 9.59 Å². The van der Waals surface area contributed by atoms with E-state index in [0.29, 0.717) is 11.3 Å². The molecule has 0 atom stereocenters. The van der Waals surface area contributed by atoms with Gasteiger partial charge in [0.25, 0.3) is 0 Å². The molecule has 0 fully saturated rings. The highest BCUT2D eigenvalue weighted by atomic mass is 127. The minimum absolute atomic E-state index is 0.0637. The van der Waals surface area contributed by atoms with Crippen LogP contribution in [0.4, 0.5) is 11.4 Å². The summed E-state index contributed by atoms with van der Waals surface area (Å²) >= 11 is 6.31. The fourth-order valence-corrected chi connectivity index (χ4v) is 4.32. The van der Waals surface area contributed by atoms with E-state index in [4.69, 9.17) is 4.74 Å². The molecule has 103 valence electrons. The van der Waals surface area contributed by atoms with E-state index in [1.54, 1.807) is 7.05 Å². The van der Waals surface area contributed by atoms with Crippen LogP contribution >= 0.6 is 67.8 Å².